The molecule has 3 aromatic rings. The van der Waals surface area contributed by atoms with E-state index < -0.39 is 22.1 Å². The van der Waals surface area contributed by atoms with Gasteiger partial charge in [0.05, 0.1) is 23.7 Å². The van der Waals surface area contributed by atoms with E-state index in [0.29, 0.717) is 57.2 Å². The molecule has 250 valence electrons. The molecule has 0 aliphatic carbocycles. The van der Waals surface area contributed by atoms with Gasteiger partial charge in [-0.05, 0) is 86.3 Å². The summed E-state index contributed by atoms with van der Waals surface area (Å²) in [6, 6.07) is 14.9. The van der Waals surface area contributed by atoms with E-state index in [9.17, 15) is 26.0 Å². The highest BCUT2D eigenvalue weighted by Gasteiger charge is 2.34. The summed E-state index contributed by atoms with van der Waals surface area (Å²) in [6.07, 6.45) is -3.49. The molecule has 0 saturated carbocycles. The van der Waals surface area contributed by atoms with Crippen LogP contribution in [-0.4, -0.2) is 87.4 Å². The van der Waals surface area contributed by atoms with Crippen LogP contribution in [0.4, 0.5) is 17.6 Å². The zero-order valence-corrected chi connectivity index (χ0v) is 26.7. The van der Waals surface area contributed by atoms with Crippen molar-refractivity contribution in [2.75, 3.05) is 52.5 Å². The normalized spacial score (nSPS) is 17.6. The number of alkyl halides is 3. The van der Waals surface area contributed by atoms with Crippen molar-refractivity contribution in [1.82, 2.24) is 14.1 Å². The first-order valence-corrected chi connectivity index (χ1v) is 16.9. The molecular weight excluding hydrogens is 626 g/mol. The van der Waals surface area contributed by atoms with Crippen LogP contribution in [0.15, 0.2) is 65.6 Å². The summed E-state index contributed by atoms with van der Waals surface area (Å²) in [5.41, 5.74) is 2.68. The zero-order chi connectivity index (χ0) is 32.9. The predicted molar refractivity (Wildman–Crippen MR) is 166 cm³/mol. The smallest absolute Gasteiger partial charge is 0.493 e. The molecule has 0 aromatic heterocycles. The van der Waals surface area contributed by atoms with Gasteiger partial charge in [0, 0.05) is 51.9 Å². The minimum atomic E-state index is -4.84. The lowest BCUT2D eigenvalue weighted by atomic mass is 10.00. The van der Waals surface area contributed by atoms with Gasteiger partial charge in [-0.3, -0.25) is 9.80 Å². The molecule has 0 radical (unpaired) electrons. The first-order chi connectivity index (χ1) is 22.0. The number of ether oxygens (including phenoxy) is 3. The van der Waals surface area contributed by atoms with Gasteiger partial charge < -0.3 is 14.2 Å². The number of rotatable bonds is 11. The van der Waals surface area contributed by atoms with E-state index in [1.165, 1.54) is 16.4 Å². The lowest BCUT2D eigenvalue weighted by Crippen LogP contribution is -2.53. The fourth-order valence-electron chi connectivity index (χ4n) is 6.13. The monoisotopic (exact) mass is 665 g/mol. The Morgan fingerprint density at radius 3 is 1.89 bits per heavy atom. The Hall–Kier alpha value is -3.39. The van der Waals surface area contributed by atoms with Gasteiger partial charge in [0.25, 0.3) is 0 Å². The first kappa shape index (κ1) is 34.0. The molecule has 2 aliphatic rings. The molecule has 0 bridgehead atoms. The molecule has 0 spiro atoms. The number of hydrogen-bond acceptors (Lipinski definition) is 7. The number of benzene rings is 3. The Kier molecular flexibility index (Phi) is 10.8. The molecule has 2 heterocycles. The van der Waals surface area contributed by atoms with Crippen LogP contribution in [-0.2, 0) is 16.6 Å². The van der Waals surface area contributed by atoms with Gasteiger partial charge in [-0.25, -0.2) is 12.8 Å². The standard InChI is InChI=1S/C33H39F4N3O5S/c1-3-43-30-21-24(22-31(44-4-2)32(30)25-5-7-26(34)8-6-25)23-38-17-19-39(20-18-38)27-13-15-40(16-14-27)46(41,42)29-11-9-28(10-12-29)45-33(35,36)37/h5-12,21-22,27H,3-4,13-20,23H2,1-2H3. The van der Waals surface area contributed by atoms with Gasteiger partial charge in [-0.1, -0.05) is 12.1 Å². The molecular formula is C33H39F4N3O5S. The Labute approximate surface area is 267 Å². The van der Waals surface area contributed by atoms with Crippen molar-refractivity contribution in [1.29, 1.82) is 0 Å². The summed E-state index contributed by atoms with van der Waals surface area (Å²) in [4.78, 5) is 4.74. The van der Waals surface area contributed by atoms with Crippen LogP contribution in [0.1, 0.15) is 32.3 Å². The zero-order valence-electron chi connectivity index (χ0n) is 25.9. The van der Waals surface area contributed by atoms with Crippen molar-refractivity contribution in [3.8, 4) is 28.4 Å². The fourth-order valence-corrected chi connectivity index (χ4v) is 7.60. The molecule has 13 heteroatoms. The number of nitrogens with zero attached hydrogens (tertiary/aromatic N) is 3. The van der Waals surface area contributed by atoms with E-state index in [1.807, 2.05) is 26.0 Å². The fraction of sp³-hybridized carbons (Fsp3) is 0.455. The average molecular weight is 666 g/mol. The van der Waals surface area contributed by atoms with Crippen molar-refractivity contribution in [2.24, 2.45) is 0 Å². The van der Waals surface area contributed by atoms with Crippen LogP contribution in [0.3, 0.4) is 0 Å². The summed E-state index contributed by atoms with van der Waals surface area (Å²) >= 11 is 0. The van der Waals surface area contributed by atoms with Crippen LogP contribution < -0.4 is 14.2 Å². The summed E-state index contributed by atoms with van der Waals surface area (Å²) in [6.45, 7) is 9.59. The molecule has 3 aromatic carbocycles. The summed E-state index contributed by atoms with van der Waals surface area (Å²) < 4.78 is 94.6. The first-order valence-electron chi connectivity index (χ1n) is 15.5. The Bertz CT molecular complexity index is 1530. The van der Waals surface area contributed by atoms with Crippen LogP contribution in [0, 0.1) is 5.82 Å². The molecule has 5 rings (SSSR count). The largest absolute Gasteiger partial charge is 0.573 e. The Morgan fingerprint density at radius 2 is 1.37 bits per heavy atom. The van der Waals surface area contributed by atoms with E-state index in [4.69, 9.17) is 9.47 Å². The van der Waals surface area contributed by atoms with Gasteiger partial charge in [-0.2, -0.15) is 4.31 Å². The average Bonchev–Trinajstić information content (AvgIpc) is 3.02. The quantitative estimate of drug-likeness (QED) is 0.227. The molecule has 8 nitrogen and oxygen atoms in total. The summed E-state index contributed by atoms with van der Waals surface area (Å²) in [7, 11) is -3.83. The van der Waals surface area contributed by atoms with Crippen molar-refractivity contribution in [3.05, 3.63) is 72.0 Å². The summed E-state index contributed by atoms with van der Waals surface area (Å²) in [5.74, 6) is 0.621. The number of halogens is 4. The van der Waals surface area contributed by atoms with Gasteiger partial charge in [0.1, 0.15) is 23.1 Å². The van der Waals surface area contributed by atoms with Gasteiger partial charge >= 0.3 is 6.36 Å². The maximum atomic E-state index is 13.6. The van der Waals surface area contributed by atoms with E-state index >= 15 is 0 Å². The van der Waals surface area contributed by atoms with Crippen LogP contribution in [0.25, 0.3) is 11.1 Å². The van der Waals surface area contributed by atoms with Gasteiger partial charge in [0.2, 0.25) is 10.0 Å². The SMILES string of the molecule is CCOc1cc(CN2CCN(C3CCN(S(=O)(=O)c4ccc(OC(F)(F)F)cc4)CC3)CC2)cc(OCC)c1-c1ccc(F)cc1. The maximum Gasteiger partial charge on any atom is 0.573 e. The van der Waals surface area contributed by atoms with Crippen molar-refractivity contribution in [3.63, 3.8) is 0 Å². The Balaban J connectivity index is 1.17. The van der Waals surface area contributed by atoms with Crippen molar-refractivity contribution < 1.29 is 40.2 Å². The van der Waals surface area contributed by atoms with E-state index in [1.54, 1.807) is 12.1 Å². The second kappa shape index (κ2) is 14.6. The number of hydrogen-bond donors (Lipinski definition) is 0. The second-order valence-corrected chi connectivity index (χ2v) is 13.2. The third-order valence-electron chi connectivity index (χ3n) is 8.31. The molecule has 46 heavy (non-hydrogen) atoms. The highest BCUT2D eigenvalue weighted by molar-refractivity contribution is 7.89. The topological polar surface area (TPSA) is 71.6 Å². The maximum absolute atomic E-state index is 13.6. The molecule has 0 N–H and O–H groups in total. The molecule has 2 saturated heterocycles. The van der Waals surface area contributed by atoms with Crippen LogP contribution >= 0.6 is 0 Å². The van der Waals surface area contributed by atoms with E-state index in [-0.39, 0.29) is 16.8 Å². The summed E-state index contributed by atoms with van der Waals surface area (Å²) in [5, 5.41) is 0. The molecule has 0 amide bonds. The minimum Gasteiger partial charge on any atom is -0.493 e. The minimum absolute atomic E-state index is 0.0558. The van der Waals surface area contributed by atoms with Crippen LogP contribution in [0.5, 0.6) is 17.2 Å². The Morgan fingerprint density at radius 1 is 0.804 bits per heavy atom. The lowest BCUT2D eigenvalue weighted by Gasteiger charge is -2.42. The van der Waals surface area contributed by atoms with E-state index in [0.717, 1.165) is 67.1 Å². The predicted octanol–water partition coefficient (Wildman–Crippen LogP) is 6.16. The van der Waals surface area contributed by atoms with Crippen molar-refractivity contribution >= 4 is 10.0 Å². The second-order valence-electron chi connectivity index (χ2n) is 11.3. The van der Waals surface area contributed by atoms with Gasteiger partial charge in [-0.15, -0.1) is 13.2 Å². The van der Waals surface area contributed by atoms with E-state index in [2.05, 4.69) is 14.5 Å². The highest BCUT2D eigenvalue weighted by Crippen LogP contribution is 2.40. The lowest BCUT2D eigenvalue weighted by molar-refractivity contribution is -0.274. The molecule has 2 aliphatic heterocycles. The highest BCUT2D eigenvalue weighted by atomic mass is 32.2. The molecule has 0 atom stereocenters. The number of piperidine rings is 1. The van der Waals surface area contributed by atoms with Gasteiger partial charge in [0.15, 0.2) is 0 Å². The molecule has 2 fully saturated rings. The third kappa shape index (κ3) is 8.30. The van der Waals surface area contributed by atoms with Crippen molar-refractivity contribution in [2.45, 2.75) is 50.5 Å². The van der Waals surface area contributed by atoms with Crippen LogP contribution in [0.2, 0.25) is 0 Å². The third-order valence-corrected chi connectivity index (χ3v) is 10.2. The number of piperazine rings is 1. The molecule has 0 unspecified atom stereocenters. The number of sulfonamides is 1.